The number of carbonyl (C=O) groups excluding carboxylic acids is 1. The lowest BCUT2D eigenvalue weighted by atomic mass is 10.0. The van der Waals surface area contributed by atoms with Gasteiger partial charge in [-0.2, -0.15) is 18.4 Å². The highest BCUT2D eigenvalue weighted by Gasteiger charge is 2.42. The zero-order valence-corrected chi connectivity index (χ0v) is 11.0. The number of alkyl halides is 3. The molecule has 0 aliphatic carbocycles. The van der Waals surface area contributed by atoms with Crippen molar-refractivity contribution in [2.75, 3.05) is 18.5 Å². The number of halogens is 3. The molecule has 1 fully saturated rings. The Hall–Kier alpha value is -2.14. The summed E-state index contributed by atoms with van der Waals surface area (Å²) < 4.78 is 39.5. The Balaban J connectivity index is 2.67. The van der Waals surface area contributed by atoms with Gasteiger partial charge in [-0.3, -0.25) is 9.69 Å². The van der Waals surface area contributed by atoms with Crippen molar-refractivity contribution < 1.29 is 18.0 Å². The first-order valence-electron chi connectivity index (χ1n) is 5.45. The van der Waals surface area contributed by atoms with Crippen molar-refractivity contribution in [1.29, 1.82) is 5.26 Å². The van der Waals surface area contributed by atoms with Gasteiger partial charge in [0.15, 0.2) is 5.11 Å². The van der Waals surface area contributed by atoms with E-state index in [1.807, 2.05) is 0 Å². The number of anilines is 1. The molecular formula is C12H8F3N3OS. The number of amides is 1. The van der Waals surface area contributed by atoms with E-state index in [0.717, 1.165) is 17.0 Å². The second kappa shape index (κ2) is 4.76. The van der Waals surface area contributed by atoms with E-state index in [-0.39, 0.29) is 11.7 Å². The van der Waals surface area contributed by atoms with Crippen LogP contribution in [0, 0.1) is 11.3 Å². The molecule has 8 heteroatoms. The number of nitrogens with zero attached hydrogens (tertiary/aromatic N) is 3. The zero-order chi connectivity index (χ0) is 15.1. The lowest BCUT2D eigenvalue weighted by Crippen LogP contribution is -2.33. The predicted octanol–water partition coefficient (Wildman–Crippen LogP) is 2.14. The number of nitriles is 1. The molecule has 0 atom stereocenters. The van der Waals surface area contributed by atoms with Gasteiger partial charge in [-0.05, 0) is 24.4 Å². The highest BCUT2D eigenvalue weighted by atomic mass is 32.1. The maximum atomic E-state index is 13.2. The molecule has 0 aromatic heterocycles. The Bertz CT molecular complexity index is 636. The van der Waals surface area contributed by atoms with Crippen LogP contribution in [0.2, 0.25) is 0 Å². The van der Waals surface area contributed by atoms with Crippen LogP contribution >= 0.6 is 12.2 Å². The van der Waals surface area contributed by atoms with Crippen LogP contribution in [0.15, 0.2) is 18.2 Å². The summed E-state index contributed by atoms with van der Waals surface area (Å²) in [5.41, 5.74) is -2.09. The van der Waals surface area contributed by atoms with E-state index in [0.29, 0.717) is 0 Å². The lowest BCUT2D eigenvalue weighted by molar-refractivity contribution is -0.137. The fraction of sp³-hybridized carbons (Fsp3) is 0.250. The molecule has 1 heterocycles. The molecule has 20 heavy (non-hydrogen) atoms. The number of thiocarbonyl (C=S) groups is 1. The molecule has 1 saturated heterocycles. The van der Waals surface area contributed by atoms with Crippen molar-refractivity contribution in [2.24, 2.45) is 0 Å². The summed E-state index contributed by atoms with van der Waals surface area (Å²) in [6, 6.07) is 4.97. The minimum absolute atomic E-state index is 0.0180. The predicted molar refractivity (Wildman–Crippen MR) is 68.9 cm³/mol. The molecule has 1 aliphatic rings. The number of rotatable bonds is 1. The molecule has 0 unspecified atom stereocenters. The molecule has 104 valence electrons. The third-order valence-corrected chi connectivity index (χ3v) is 3.32. The van der Waals surface area contributed by atoms with Crippen molar-refractivity contribution in [3.63, 3.8) is 0 Å². The summed E-state index contributed by atoms with van der Waals surface area (Å²) in [5.74, 6) is -0.557. The number of hydrogen-bond donors (Lipinski definition) is 0. The van der Waals surface area contributed by atoms with Crippen LogP contribution in [0.3, 0.4) is 0 Å². The maximum absolute atomic E-state index is 13.2. The van der Waals surface area contributed by atoms with Gasteiger partial charge in [0.1, 0.15) is 0 Å². The second-order valence-electron chi connectivity index (χ2n) is 4.18. The molecule has 0 saturated carbocycles. The minimum atomic E-state index is -4.75. The van der Waals surface area contributed by atoms with Gasteiger partial charge >= 0.3 is 6.18 Å². The Labute approximate surface area is 118 Å². The summed E-state index contributed by atoms with van der Waals surface area (Å²) in [7, 11) is 1.52. The molecule has 1 aromatic carbocycles. The average Bonchev–Trinajstić information content (AvgIpc) is 2.61. The molecule has 2 rings (SSSR count). The topological polar surface area (TPSA) is 47.3 Å². The van der Waals surface area contributed by atoms with Crippen molar-refractivity contribution in [3.8, 4) is 6.07 Å². The molecule has 0 bridgehead atoms. The van der Waals surface area contributed by atoms with E-state index in [1.54, 1.807) is 0 Å². The standard InChI is InChI=1S/C12H8F3N3OS/c1-17-6-9(19)18(11(17)20)8-4-2-3-7(5-16)10(8)12(13,14)15/h2-4H,6H2,1H3. The van der Waals surface area contributed by atoms with E-state index < -0.39 is 28.9 Å². The van der Waals surface area contributed by atoms with Crippen molar-refractivity contribution in [2.45, 2.75) is 6.18 Å². The van der Waals surface area contributed by atoms with E-state index >= 15 is 0 Å². The van der Waals surface area contributed by atoms with Crippen LogP contribution in [0.5, 0.6) is 0 Å². The van der Waals surface area contributed by atoms with Crippen LogP contribution in [-0.2, 0) is 11.0 Å². The number of likely N-dealkylation sites (N-methyl/N-ethyl adjacent to an activating group) is 1. The molecule has 0 spiro atoms. The summed E-state index contributed by atoms with van der Waals surface area (Å²) in [5, 5.41) is 8.82. The van der Waals surface area contributed by atoms with Crippen LogP contribution in [0.4, 0.5) is 18.9 Å². The molecule has 4 nitrogen and oxygen atoms in total. The van der Waals surface area contributed by atoms with Gasteiger partial charge in [0.25, 0.3) is 5.91 Å². The monoisotopic (exact) mass is 299 g/mol. The van der Waals surface area contributed by atoms with Crippen LogP contribution in [0.25, 0.3) is 0 Å². The summed E-state index contributed by atoms with van der Waals surface area (Å²) >= 11 is 4.96. The first-order chi connectivity index (χ1) is 9.27. The molecule has 0 radical (unpaired) electrons. The number of carbonyl (C=O) groups is 1. The van der Waals surface area contributed by atoms with Gasteiger partial charge in [-0.15, -0.1) is 0 Å². The van der Waals surface area contributed by atoms with E-state index in [2.05, 4.69) is 0 Å². The van der Waals surface area contributed by atoms with Crippen LogP contribution in [0.1, 0.15) is 11.1 Å². The first-order valence-corrected chi connectivity index (χ1v) is 5.86. The third-order valence-electron chi connectivity index (χ3n) is 2.83. The summed E-state index contributed by atoms with van der Waals surface area (Å²) in [6.45, 7) is -0.0904. The van der Waals surface area contributed by atoms with E-state index in [4.69, 9.17) is 17.5 Å². The van der Waals surface area contributed by atoms with Gasteiger partial charge in [0.05, 0.1) is 29.4 Å². The van der Waals surface area contributed by atoms with Crippen molar-refractivity contribution in [1.82, 2.24) is 4.90 Å². The molecule has 1 amide bonds. The number of hydrogen-bond acceptors (Lipinski definition) is 3. The first kappa shape index (κ1) is 14.3. The fourth-order valence-electron chi connectivity index (χ4n) is 1.97. The minimum Gasteiger partial charge on any atom is -0.342 e. The second-order valence-corrected chi connectivity index (χ2v) is 4.54. The Morgan fingerprint density at radius 1 is 1.40 bits per heavy atom. The Morgan fingerprint density at radius 2 is 2.05 bits per heavy atom. The zero-order valence-electron chi connectivity index (χ0n) is 10.2. The fourth-order valence-corrected chi connectivity index (χ4v) is 2.24. The van der Waals surface area contributed by atoms with Crippen molar-refractivity contribution >= 4 is 28.9 Å². The quantitative estimate of drug-likeness (QED) is 0.745. The van der Waals surface area contributed by atoms with Gasteiger partial charge < -0.3 is 4.90 Å². The average molecular weight is 299 g/mol. The van der Waals surface area contributed by atoms with Gasteiger partial charge in [0, 0.05) is 7.05 Å². The SMILES string of the molecule is CN1CC(=O)N(c2cccc(C#N)c2C(F)(F)F)C1=S. The molecule has 1 aliphatic heterocycles. The smallest absolute Gasteiger partial charge is 0.342 e. The van der Waals surface area contributed by atoms with Crippen LogP contribution < -0.4 is 4.90 Å². The molecule has 0 N–H and O–H groups in total. The van der Waals surface area contributed by atoms with Gasteiger partial charge in [0.2, 0.25) is 0 Å². The molecule has 1 aromatic rings. The number of benzene rings is 1. The third kappa shape index (κ3) is 2.20. The summed E-state index contributed by atoms with van der Waals surface area (Å²) in [4.78, 5) is 14.0. The van der Waals surface area contributed by atoms with Gasteiger partial charge in [-0.1, -0.05) is 6.07 Å². The van der Waals surface area contributed by atoms with Gasteiger partial charge in [-0.25, -0.2) is 0 Å². The normalized spacial score (nSPS) is 15.8. The van der Waals surface area contributed by atoms with E-state index in [1.165, 1.54) is 24.1 Å². The van der Waals surface area contributed by atoms with Crippen LogP contribution in [-0.4, -0.2) is 29.5 Å². The maximum Gasteiger partial charge on any atom is 0.419 e. The largest absolute Gasteiger partial charge is 0.419 e. The summed E-state index contributed by atoms with van der Waals surface area (Å²) in [6.07, 6.45) is -4.75. The van der Waals surface area contributed by atoms with E-state index in [9.17, 15) is 18.0 Å². The van der Waals surface area contributed by atoms with Crippen molar-refractivity contribution in [3.05, 3.63) is 29.3 Å². The lowest BCUT2D eigenvalue weighted by Gasteiger charge is -2.22. The Kier molecular flexibility index (Phi) is 3.39. The highest BCUT2D eigenvalue weighted by molar-refractivity contribution is 7.80. The molecular weight excluding hydrogens is 291 g/mol. The Morgan fingerprint density at radius 3 is 2.50 bits per heavy atom. The highest BCUT2D eigenvalue weighted by Crippen LogP contribution is 2.40.